The highest BCUT2D eigenvalue weighted by Crippen LogP contribution is 2.22. The lowest BCUT2D eigenvalue weighted by Crippen LogP contribution is -2.40. The molecule has 1 N–H and O–H groups in total. The summed E-state index contributed by atoms with van der Waals surface area (Å²) in [7, 11) is -3.59. The van der Waals surface area contributed by atoms with E-state index in [9.17, 15) is 13.2 Å². The fraction of sp³-hybridized carbons (Fsp3) is 0.588. The van der Waals surface area contributed by atoms with E-state index in [-0.39, 0.29) is 15.5 Å². The van der Waals surface area contributed by atoms with Crippen LogP contribution in [0, 0.1) is 0 Å². The van der Waals surface area contributed by atoms with Crippen LogP contribution in [0.2, 0.25) is 0 Å². The van der Waals surface area contributed by atoms with Gasteiger partial charge in [0.05, 0.1) is 18.1 Å². The summed E-state index contributed by atoms with van der Waals surface area (Å²) in [4.78, 5) is 12.4. The van der Waals surface area contributed by atoms with Crippen molar-refractivity contribution in [3.8, 4) is 0 Å². The molecule has 0 unspecified atom stereocenters. The Morgan fingerprint density at radius 1 is 1.28 bits per heavy atom. The molecule has 0 saturated carbocycles. The highest BCUT2D eigenvalue weighted by molar-refractivity contribution is 8.00. The highest BCUT2D eigenvalue weighted by atomic mass is 32.2. The van der Waals surface area contributed by atoms with Gasteiger partial charge in [-0.05, 0) is 18.2 Å². The van der Waals surface area contributed by atoms with Gasteiger partial charge in [-0.3, -0.25) is 4.79 Å². The van der Waals surface area contributed by atoms with E-state index >= 15 is 0 Å². The maximum Gasteiger partial charge on any atom is 0.251 e. The van der Waals surface area contributed by atoms with Crippen molar-refractivity contribution >= 4 is 27.7 Å². The molecule has 6 nitrogen and oxygen atoms in total. The number of amides is 1. The molecule has 0 spiro atoms. The Morgan fingerprint density at radius 2 is 1.96 bits per heavy atom. The van der Waals surface area contributed by atoms with Crippen LogP contribution in [0.3, 0.4) is 0 Å². The molecule has 0 aromatic heterocycles. The first-order chi connectivity index (χ1) is 11.7. The first-order valence-electron chi connectivity index (χ1n) is 8.30. The van der Waals surface area contributed by atoms with E-state index in [1.807, 2.05) is 0 Å². The number of benzene rings is 1. The minimum Gasteiger partial charge on any atom is -0.379 e. The second kappa shape index (κ2) is 8.53. The summed E-state index contributed by atoms with van der Waals surface area (Å²) < 4.78 is 32.1. The van der Waals surface area contributed by atoms with Crippen molar-refractivity contribution in [2.24, 2.45) is 0 Å². The van der Waals surface area contributed by atoms with Crippen LogP contribution in [0.1, 0.15) is 31.1 Å². The summed E-state index contributed by atoms with van der Waals surface area (Å²) >= 11 is 1.77. The molecule has 140 valence electrons. The summed E-state index contributed by atoms with van der Waals surface area (Å²) in [6.07, 6.45) is 0. The van der Waals surface area contributed by atoms with Gasteiger partial charge in [-0.25, -0.2) is 8.42 Å². The SMILES string of the molecule is CC(C)(C)SCCNC(=O)c1cccc(S(=O)(=O)N2CCOCC2)c1. The monoisotopic (exact) mass is 386 g/mol. The number of sulfonamides is 1. The molecule has 0 aliphatic carbocycles. The standard InChI is InChI=1S/C17H26N2O4S2/c1-17(2,3)24-12-7-18-16(20)14-5-4-6-15(13-14)25(21,22)19-8-10-23-11-9-19/h4-6,13H,7-12H2,1-3H3,(H,18,20). The Kier molecular flexibility index (Phi) is 6.90. The summed E-state index contributed by atoms with van der Waals surface area (Å²) in [5.41, 5.74) is 0.357. The first kappa shape index (κ1) is 20.2. The third-order valence-corrected chi connectivity index (χ3v) is 6.80. The summed E-state index contributed by atoms with van der Waals surface area (Å²) in [5.74, 6) is 0.551. The molecule has 1 heterocycles. The molecular formula is C17H26N2O4S2. The Morgan fingerprint density at radius 3 is 2.60 bits per heavy atom. The maximum atomic E-state index is 12.7. The Bertz CT molecular complexity index is 693. The molecule has 25 heavy (non-hydrogen) atoms. The zero-order valence-corrected chi connectivity index (χ0v) is 16.6. The molecule has 1 aromatic rings. The second-order valence-corrected chi connectivity index (χ2v) is 10.6. The number of rotatable bonds is 6. The third-order valence-electron chi connectivity index (χ3n) is 3.63. The average Bonchev–Trinajstić information content (AvgIpc) is 2.58. The minimum absolute atomic E-state index is 0.145. The first-order valence-corrected chi connectivity index (χ1v) is 10.7. The van der Waals surface area contributed by atoms with E-state index < -0.39 is 10.0 Å². The second-order valence-electron chi connectivity index (χ2n) is 6.76. The molecule has 1 amide bonds. The highest BCUT2D eigenvalue weighted by Gasteiger charge is 2.26. The predicted octanol–water partition coefficient (Wildman–Crippen LogP) is 1.97. The summed E-state index contributed by atoms with van der Waals surface area (Å²) in [5, 5.41) is 2.84. The van der Waals surface area contributed by atoms with Crippen LogP contribution in [0.25, 0.3) is 0 Å². The van der Waals surface area contributed by atoms with Crippen molar-refractivity contribution in [1.29, 1.82) is 0 Å². The van der Waals surface area contributed by atoms with Gasteiger partial charge >= 0.3 is 0 Å². The number of carbonyl (C=O) groups is 1. The van der Waals surface area contributed by atoms with Gasteiger partial charge in [-0.1, -0.05) is 26.8 Å². The van der Waals surface area contributed by atoms with Crippen LogP contribution in [0.5, 0.6) is 0 Å². The number of hydrogen-bond acceptors (Lipinski definition) is 5. The number of carbonyl (C=O) groups excluding carboxylic acids is 1. The molecular weight excluding hydrogens is 360 g/mol. The van der Waals surface area contributed by atoms with Crippen molar-refractivity contribution in [3.63, 3.8) is 0 Å². The smallest absolute Gasteiger partial charge is 0.251 e. The number of nitrogens with zero attached hydrogens (tertiary/aromatic N) is 1. The number of nitrogens with one attached hydrogen (secondary N) is 1. The number of ether oxygens (including phenoxy) is 1. The van der Waals surface area contributed by atoms with Gasteiger partial charge in [0.1, 0.15) is 0 Å². The quantitative estimate of drug-likeness (QED) is 0.757. The molecule has 1 aliphatic heterocycles. The van der Waals surface area contributed by atoms with Gasteiger partial charge in [0.15, 0.2) is 0 Å². The summed E-state index contributed by atoms with van der Waals surface area (Å²) in [6.45, 7) is 8.38. The van der Waals surface area contributed by atoms with Crippen molar-refractivity contribution in [2.75, 3.05) is 38.6 Å². The van der Waals surface area contributed by atoms with Gasteiger partial charge < -0.3 is 10.1 Å². The van der Waals surface area contributed by atoms with Gasteiger partial charge in [0, 0.05) is 35.7 Å². The van der Waals surface area contributed by atoms with Crippen LogP contribution >= 0.6 is 11.8 Å². The van der Waals surface area contributed by atoms with Gasteiger partial charge in [0.25, 0.3) is 5.91 Å². The van der Waals surface area contributed by atoms with Crippen LogP contribution in [0.15, 0.2) is 29.2 Å². The molecule has 0 atom stereocenters. The molecule has 1 aliphatic rings. The van der Waals surface area contributed by atoms with Crippen molar-refractivity contribution in [1.82, 2.24) is 9.62 Å². The Hall–Kier alpha value is -1.09. The summed E-state index contributed by atoms with van der Waals surface area (Å²) in [6, 6.07) is 6.20. The zero-order valence-electron chi connectivity index (χ0n) is 14.9. The molecule has 0 radical (unpaired) electrons. The lowest BCUT2D eigenvalue weighted by atomic mass is 10.2. The Balaban J connectivity index is 2.01. The van der Waals surface area contributed by atoms with Crippen LogP contribution < -0.4 is 5.32 Å². The molecule has 8 heteroatoms. The fourth-order valence-electron chi connectivity index (χ4n) is 2.36. The number of morpholine rings is 1. The van der Waals surface area contributed by atoms with E-state index in [1.165, 1.54) is 16.4 Å². The van der Waals surface area contributed by atoms with Crippen molar-refractivity contribution in [3.05, 3.63) is 29.8 Å². The lowest BCUT2D eigenvalue weighted by Gasteiger charge is -2.26. The van der Waals surface area contributed by atoms with Gasteiger partial charge in [-0.2, -0.15) is 16.1 Å². The van der Waals surface area contributed by atoms with Crippen LogP contribution in [-0.4, -0.2) is 62.0 Å². The van der Waals surface area contributed by atoms with Crippen molar-refractivity contribution in [2.45, 2.75) is 30.4 Å². The topological polar surface area (TPSA) is 75.7 Å². The van der Waals surface area contributed by atoms with E-state index in [0.29, 0.717) is 38.4 Å². The molecule has 2 rings (SSSR count). The normalized spacial score (nSPS) is 16.6. The van der Waals surface area contributed by atoms with Gasteiger partial charge in [-0.15, -0.1) is 0 Å². The van der Waals surface area contributed by atoms with E-state index in [1.54, 1.807) is 23.9 Å². The largest absolute Gasteiger partial charge is 0.379 e. The lowest BCUT2D eigenvalue weighted by molar-refractivity contribution is 0.0730. The van der Waals surface area contributed by atoms with Gasteiger partial charge in [0.2, 0.25) is 10.0 Å². The van der Waals surface area contributed by atoms with E-state index in [2.05, 4.69) is 26.1 Å². The third kappa shape index (κ3) is 5.99. The minimum atomic E-state index is -3.59. The van der Waals surface area contributed by atoms with Crippen LogP contribution in [0.4, 0.5) is 0 Å². The van der Waals surface area contributed by atoms with E-state index in [4.69, 9.17) is 4.74 Å². The van der Waals surface area contributed by atoms with Crippen LogP contribution in [-0.2, 0) is 14.8 Å². The predicted molar refractivity (Wildman–Crippen MR) is 101 cm³/mol. The number of hydrogen-bond donors (Lipinski definition) is 1. The van der Waals surface area contributed by atoms with E-state index in [0.717, 1.165) is 5.75 Å². The average molecular weight is 387 g/mol. The fourth-order valence-corrected chi connectivity index (χ4v) is 4.63. The maximum absolute atomic E-state index is 12.7. The zero-order chi connectivity index (χ0) is 18.5. The number of thioether (sulfide) groups is 1. The molecule has 1 fully saturated rings. The molecule has 1 saturated heterocycles. The Labute approximate surface area is 154 Å². The molecule has 1 aromatic carbocycles. The molecule has 0 bridgehead atoms. The van der Waals surface area contributed by atoms with Crippen molar-refractivity contribution < 1.29 is 17.9 Å².